The lowest BCUT2D eigenvalue weighted by atomic mass is 9.89. The third kappa shape index (κ3) is 4.79. The first kappa shape index (κ1) is 31.7. The summed E-state index contributed by atoms with van der Waals surface area (Å²) >= 11 is 0. The van der Waals surface area contributed by atoms with Gasteiger partial charge in [0.25, 0.3) is 0 Å². The minimum Gasteiger partial charge on any atom is -0.308 e. The average molecular weight is 724 g/mol. The molecule has 0 amide bonds. The molecular weight excluding hydrogens is 691 g/mol. The summed E-state index contributed by atoms with van der Waals surface area (Å²) in [6, 6.07) is 71.9. The summed E-state index contributed by atoms with van der Waals surface area (Å²) in [5.74, 6) is 0.703. The maximum atomic E-state index is 5.38. The molecule has 0 radical (unpaired) electrons. The minimum absolute atomic E-state index is 0.703. The predicted octanol–water partition coefficient (Wildman–Crippen LogP) is 14.3. The van der Waals surface area contributed by atoms with Crippen molar-refractivity contribution in [3.63, 3.8) is 0 Å². The first-order valence-electron chi connectivity index (χ1n) is 19.5. The lowest BCUT2D eigenvalue weighted by molar-refractivity contribution is 1.19. The predicted molar refractivity (Wildman–Crippen MR) is 239 cm³/mol. The monoisotopic (exact) mass is 723 g/mol. The van der Waals surface area contributed by atoms with E-state index < -0.39 is 0 Å². The summed E-state index contributed by atoms with van der Waals surface area (Å²) in [7, 11) is 0. The highest BCUT2D eigenvalue weighted by molar-refractivity contribution is 6.28. The van der Waals surface area contributed by atoms with Crippen LogP contribution in [0.4, 0.5) is 0 Å². The summed E-state index contributed by atoms with van der Waals surface area (Å²) < 4.78 is 2.48. The van der Waals surface area contributed by atoms with Gasteiger partial charge in [-0.25, -0.2) is 9.97 Å². The number of hydrogen-bond donors (Lipinski definition) is 0. The highest BCUT2D eigenvalue weighted by atomic mass is 14.9. The summed E-state index contributed by atoms with van der Waals surface area (Å²) in [5, 5.41) is 9.94. The molecule has 3 nitrogen and oxygen atoms in total. The van der Waals surface area contributed by atoms with Crippen LogP contribution >= 0.6 is 0 Å². The second-order valence-corrected chi connectivity index (χ2v) is 14.9. The second-order valence-electron chi connectivity index (χ2n) is 14.9. The summed E-state index contributed by atoms with van der Waals surface area (Å²) in [6.45, 7) is 0. The Bertz CT molecular complexity index is 3510. The van der Waals surface area contributed by atoms with E-state index in [0.717, 1.165) is 44.6 Å². The van der Waals surface area contributed by atoms with Crippen LogP contribution in [0.25, 0.3) is 116 Å². The van der Waals surface area contributed by atoms with Crippen LogP contribution in [0.2, 0.25) is 0 Å². The van der Waals surface area contributed by atoms with Crippen LogP contribution in [0.5, 0.6) is 0 Å². The van der Waals surface area contributed by atoms with Crippen LogP contribution in [0.15, 0.2) is 200 Å². The van der Waals surface area contributed by atoms with Gasteiger partial charge in [-0.1, -0.05) is 176 Å². The van der Waals surface area contributed by atoms with Crippen molar-refractivity contribution in [1.29, 1.82) is 0 Å². The Kier molecular flexibility index (Phi) is 6.93. The quantitative estimate of drug-likeness (QED) is 0.131. The fourth-order valence-corrected chi connectivity index (χ4v) is 9.29. The molecule has 12 rings (SSSR count). The van der Waals surface area contributed by atoms with E-state index in [-0.39, 0.29) is 0 Å². The zero-order valence-electron chi connectivity index (χ0n) is 30.9. The van der Waals surface area contributed by atoms with Gasteiger partial charge in [-0.2, -0.15) is 0 Å². The minimum atomic E-state index is 0.703. The Hall–Kier alpha value is -7.62. The number of rotatable bonds is 5. The molecule has 0 saturated heterocycles. The number of pyridine rings is 1. The van der Waals surface area contributed by atoms with Gasteiger partial charge in [0.2, 0.25) is 0 Å². The summed E-state index contributed by atoms with van der Waals surface area (Å²) in [5.41, 5.74) is 13.4. The Balaban J connectivity index is 1.09. The van der Waals surface area contributed by atoms with E-state index in [1.165, 1.54) is 65.4 Å². The fourth-order valence-electron chi connectivity index (χ4n) is 9.29. The number of para-hydroxylation sites is 2. The number of aromatic nitrogens is 3. The fraction of sp³-hybridized carbons (Fsp3) is 0. The molecule has 0 spiro atoms. The molecule has 12 aromatic rings. The summed E-state index contributed by atoms with van der Waals surface area (Å²) in [4.78, 5) is 10.7. The number of fused-ring (bicyclic) bond motifs is 6. The van der Waals surface area contributed by atoms with Crippen LogP contribution in [-0.4, -0.2) is 14.4 Å². The molecule has 0 fully saturated rings. The van der Waals surface area contributed by atoms with Crippen molar-refractivity contribution in [3.8, 4) is 56.2 Å². The number of hydrogen-bond acceptors (Lipinski definition) is 2. The first-order chi connectivity index (χ1) is 28.3. The molecule has 0 aliphatic rings. The van der Waals surface area contributed by atoms with Crippen LogP contribution in [-0.2, 0) is 0 Å². The van der Waals surface area contributed by atoms with Gasteiger partial charge in [-0.05, 0) is 68.1 Å². The number of nitrogens with zero attached hydrogens (tertiary/aromatic N) is 3. The van der Waals surface area contributed by atoms with Gasteiger partial charge in [-0.15, -0.1) is 0 Å². The highest BCUT2D eigenvalue weighted by Crippen LogP contribution is 2.45. The van der Waals surface area contributed by atoms with E-state index in [1.54, 1.807) is 0 Å². The highest BCUT2D eigenvalue weighted by Gasteiger charge is 2.21. The molecule has 3 heterocycles. The van der Waals surface area contributed by atoms with Gasteiger partial charge in [0, 0.05) is 38.2 Å². The van der Waals surface area contributed by atoms with E-state index >= 15 is 0 Å². The second kappa shape index (κ2) is 12.5. The van der Waals surface area contributed by atoms with Crippen molar-refractivity contribution < 1.29 is 0 Å². The molecule has 0 saturated carbocycles. The van der Waals surface area contributed by atoms with Crippen molar-refractivity contribution in [2.75, 3.05) is 0 Å². The van der Waals surface area contributed by atoms with Crippen molar-refractivity contribution in [3.05, 3.63) is 200 Å². The van der Waals surface area contributed by atoms with Crippen molar-refractivity contribution in [2.24, 2.45) is 0 Å². The molecule has 57 heavy (non-hydrogen) atoms. The molecule has 0 aliphatic heterocycles. The number of benzene rings is 9. The lowest BCUT2D eigenvalue weighted by Crippen LogP contribution is -1.98. The van der Waals surface area contributed by atoms with E-state index in [1.807, 2.05) is 6.07 Å². The van der Waals surface area contributed by atoms with Gasteiger partial charge in [0.15, 0.2) is 5.82 Å². The van der Waals surface area contributed by atoms with Gasteiger partial charge in [-0.3, -0.25) is 0 Å². The maximum absolute atomic E-state index is 5.38. The molecular formula is C54H33N3. The van der Waals surface area contributed by atoms with Crippen LogP contribution in [0, 0.1) is 0 Å². The van der Waals surface area contributed by atoms with Gasteiger partial charge in [0.1, 0.15) is 0 Å². The van der Waals surface area contributed by atoms with Crippen LogP contribution < -0.4 is 0 Å². The Labute approximate surface area is 329 Å². The maximum Gasteiger partial charge on any atom is 0.161 e. The lowest BCUT2D eigenvalue weighted by Gasteiger charge is -2.18. The molecule has 0 aliphatic carbocycles. The third-order valence-electron chi connectivity index (χ3n) is 11.8. The van der Waals surface area contributed by atoms with Gasteiger partial charge >= 0.3 is 0 Å². The zero-order chi connectivity index (χ0) is 37.5. The topological polar surface area (TPSA) is 30.2 Å². The molecule has 9 aromatic carbocycles. The summed E-state index contributed by atoms with van der Waals surface area (Å²) in [6.07, 6.45) is 0. The molecule has 0 bridgehead atoms. The van der Waals surface area contributed by atoms with E-state index in [2.05, 4.69) is 199 Å². The molecule has 3 aromatic heterocycles. The van der Waals surface area contributed by atoms with E-state index in [9.17, 15) is 0 Å². The Morgan fingerprint density at radius 1 is 0.298 bits per heavy atom. The molecule has 3 heteroatoms. The average Bonchev–Trinajstić information content (AvgIpc) is 3.63. The third-order valence-corrected chi connectivity index (χ3v) is 11.8. The normalized spacial score (nSPS) is 11.9. The van der Waals surface area contributed by atoms with E-state index in [0.29, 0.717) is 5.82 Å². The van der Waals surface area contributed by atoms with Gasteiger partial charge < -0.3 is 4.40 Å². The Morgan fingerprint density at radius 3 is 1.63 bits per heavy atom. The van der Waals surface area contributed by atoms with Gasteiger partial charge in [0.05, 0.1) is 27.9 Å². The zero-order valence-corrected chi connectivity index (χ0v) is 30.9. The molecule has 264 valence electrons. The SMILES string of the molecule is c1ccc(-c2cc(-c3ccccc3-c3ccccc3)nc(-c3ccc(-c4ccc5c6cccc7c8ccccc8n(c8cccc4c58)c67)c4ccccc34)n2)cc1. The van der Waals surface area contributed by atoms with Crippen molar-refractivity contribution in [2.45, 2.75) is 0 Å². The first-order valence-corrected chi connectivity index (χ1v) is 19.5. The largest absolute Gasteiger partial charge is 0.308 e. The van der Waals surface area contributed by atoms with Crippen molar-refractivity contribution in [1.82, 2.24) is 14.4 Å². The Morgan fingerprint density at radius 2 is 0.825 bits per heavy atom. The van der Waals surface area contributed by atoms with Crippen LogP contribution in [0.3, 0.4) is 0 Å². The smallest absolute Gasteiger partial charge is 0.161 e. The molecule has 0 unspecified atom stereocenters. The molecule has 0 atom stereocenters. The van der Waals surface area contributed by atoms with E-state index in [4.69, 9.17) is 9.97 Å². The van der Waals surface area contributed by atoms with Crippen LogP contribution in [0.1, 0.15) is 0 Å². The molecule has 0 N–H and O–H groups in total. The standard InChI is InChI=1S/C54H33N3/c1-3-15-34(16-4-1)36-19-7-10-22-41(36)49-33-48(35-17-5-2-6-18-35)55-54(56-49)47-32-30-39(37-20-8-9-21-38(37)47)40-29-31-44-46-26-13-25-45-42-23-11-12-27-50(42)57(53(45)46)51-28-14-24-43(40)52(44)51/h1-33H. The van der Waals surface area contributed by atoms with Crippen molar-refractivity contribution >= 4 is 59.6 Å².